The van der Waals surface area contributed by atoms with Gasteiger partial charge in [-0.15, -0.1) is 0 Å². The molecule has 2 amide bonds. The van der Waals surface area contributed by atoms with Crippen molar-refractivity contribution in [3.8, 4) is 11.1 Å². The molecule has 1 aliphatic rings. The van der Waals surface area contributed by atoms with Gasteiger partial charge in [-0.2, -0.15) is 0 Å². The number of nitrogens with one attached hydrogen (secondary N) is 1. The number of carbonyl (C=O) groups is 3. The molecule has 0 bridgehead atoms. The number of fused-ring (bicyclic) bond motifs is 3. The zero-order valence-electron chi connectivity index (χ0n) is 19.4. The number of alkyl carbamates (subject to hydrolysis) is 1. The predicted molar refractivity (Wildman–Crippen MR) is 126 cm³/mol. The van der Waals surface area contributed by atoms with Gasteiger partial charge in [-0.05, 0) is 41.0 Å². The largest absolute Gasteiger partial charge is 0.481 e. The van der Waals surface area contributed by atoms with Crippen molar-refractivity contribution in [2.45, 2.75) is 45.1 Å². The molecule has 7 nitrogen and oxygen atoms in total. The van der Waals surface area contributed by atoms with Crippen molar-refractivity contribution in [3.63, 3.8) is 0 Å². The van der Waals surface area contributed by atoms with Crippen LogP contribution < -0.4 is 5.32 Å². The molecule has 1 atom stereocenters. The van der Waals surface area contributed by atoms with E-state index in [4.69, 9.17) is 9.84 Å². The molecule has 2 aromatic carbocycles. The third-order valence-electron chi connectivity index (χ3n) is 5.90. The molecular weight excluding hydrogens is 420 g/mol. The highest BCUT2D eigenvalue weighted by Crippen LogP contribution is 2.44. The molecule has 176 valence electrons. The number of carbonyl (C=O) groups excluding carboxylic acids is 2. The van der Waals surface area contributed by atoms with Crippen molar-refractivity contribution >= 4 is 18.0 Å². The van der Waals surface area contributed by atoms with E-state index < -0.39 is 18.1 Å². The normalized spacial score (nSPS) is 13.2. The molecule has 0 saturated heterocycles. The van der Waals surface area contributed by atoms with Crippen molar-refractivity contribution in [1.82, 2.24) is 10.2 Å². The van der Waals surface area contributed by atoms with Crippen molar-refractivity contribution in [2.24, 2.45) is 5.92 Å². The monoisotopic (exact) mass is 452 g/mol. The van der Waals surface area contributed by atoms with Crippen LogP contribution in [-0.2, 0) is 14.3 Å². The molecule has 1 aliphatic carbocycles. The number of ether oxygens (including phenoxy) is 1. The van der Waals surface area contributed by atoms with Crippen molar-refractivity contribution < 1.29 is 24.2 Å². The maximum Gasteiger partial charge on any atom is 0.407 e. The number of hydrogen-bond donors (Lipinski definition) is 2. The molecule has 3 rings (SSSR count). The van der Waals surface area contributed by atoms with Crippen LogP contribution in [0.5, 0.6) is 0 Å². The Morgan fingerprint density at radius 1 is 1.03 bits per heavy atom. The number of nitrogens with zero attached hydrogens (tertiary/aromatic N) is 1. The standard InChI is InChI=1S/C26H32N2O5/c1-17(2)15-23(25(31)28(3)14-8-13-24(29)30)27-26(32)33-16-22-20-11-6-4-9-18(20)19-10-5-7-12-21(19)22/h4-7,9-12,17,22-23H,8,13-16H2,1-3H3,(H,27,32)(H,29,30)/t23-/m0/s1. The summed E-state index contributed by atoms with van der Waals surface area (Å²) in [4.78, 5) is 37.8. The summed E-state index contributed by atoms with van der Waals surface area (Å²) in [5.41, 5.74) is 4.55. The Balaban J connectivity index is 1.63. The van der Waals surface area contributed by atoms with Gasteiger partial charge < -0.3 is 20.1 Å². The predicted octanol–water partition coefficient (Wildman–Crippen LogP) is 4.26. The lowest BCUT2D eigenvalue weighted by molar-refractivity contribution is -0.138. The highest BCUT2D eigenvalue weighted by Gasteiger charge is 2.30. The number of carboxylic acids is 1. The van der Waals surface area contributed by atoms with Gasteiger partial charge in [0.15, 0.2) is 0 Å². The number of likely N-dealkylation sites (N-methyl/N-ethyl adjacent to an activating group) is 1. The minimum absolute atomic E-state index is 0.00766. The maximum atomic E-state index is 12.9. The Morgan fingerprint density at radius 2 is 1.61 bits per heavy atom. The molecule has 0 aliphatic heterocycles. The van der Waals surface area contributed by atoms with E-state index in [1.165, 1.54) is 4.90 Å². The van der Waals surface area contributed by atoms with E-state index in [9.17, 15) is 14.4 Å². The van der Waals surface area contributed by atoms with Gasteiger partial charge in [-0.3, -0.25) is 9.59 Å². The van der Waals surface area contributed by atoms with Crippen molar-refractivity contribution in [3.05, 3.63) is 59.7 Å². The molecule has 0 fully saturated rings. The summed E-state index contributed by atoms with van der Waals surface area (Å²) in [5, 5.41) is 11.5. The first kappa shape index (κ1) is 24.3. The summed E-state index contributed by atoms with van der Waals surface area (Å²) in [7, 11) is 1.62. The zero-order chi connectivity index (χ0) is 24.0. The van der Waals surface area contributed by atoms with E-state index in [-0.39, 0.29) is 30.8 Å². The molecule has 7 heteroatoms. The highest BCUT2D eigenvalue weighted by molar-refractivity contribution is 5.85. The number of aliphatic carboxylic acids is 1. The molecule has 0 saturated carbocycles. The van der Waals surface area contributed by atoms with Gasteiger partial charge in [0.25, 0.3) is 0 Å². The van der Waals surface area contributed by atoms with Crippen molar-refractivity contribution in [2.75, 3.05) is 20.2 Å². The fourth-order valence-electron chi connectivity index (χ4n) is 4.32. The Hall–Kier alpha value is -3.35. The Bertz CT molecular complexity index is 958. The molecule has 2 aromatic rings. The van der Waals surface area contributed by atoms with Crippen molar-refractivity contribution in [1.29, 1.82) is 0 Å². The van der Waals surface area contributed by atoms with Crippen LogP contribution >= 0.6 is 0 Å². The second-order valence-corrected chi connectivity index (χ2v) is 8.91. The Morgan fingerprint density at radius 3 is 2.15 bits per heavy atom. The third kappa shape index (κ3) is 6.12. The van der Waals surface area contributed by atoms with Crippen LogP contribution in [0.4, 0.5) is 4.79 Å². The lowest BCUT2D eigenvalue weighted by Gasteiger charge is -2.25. The van der Waals surface area contributed by atoms with Gasteiger partial charge >= 0.3 is 12.1 Å². The number of carboxylic acid groups (broad SMARTS) is 1. The van der Waals surface area contributed by atoms with Gasteiger partial charge in [0.1, 0.15) is 12.6 Å². The summed E-state index contributed by atoms with van der Waals surface area (Å²) in [6, 6.07) is 15.5. The Labute approximate surface area is 194 Å². The van der Waals surface area contributed by atoms with Crippen LogP contribution in [0.25, 0.3) is 11.1 Å². The van der Waals surface area contributed by atoms with Crippen LogP contribution in [0.1, 0.15) is 50.2 Å². The first-order valence-electron chi connectivity index (χ1n) is 11.4. The number of rotatable bonds is 10. The van der Waals surface area contributed by atoms with E-state index >= 15 is 0 Å². The number of benzene rings is 2. The molecule has 0 spiro atoms. The minimum atomic E-state index is -0.897. The average Bonchev–Trinajstić information content (AvgIpc) is 3.10. The van der Waals surface area contributed by atoms with Gasteiger partial charge in [0.2, 0.25) is 5.91 Å². The maximum absolute atomic E-state index is 12.9. The highest BCUT2D eigenvalue weighted by atomic mass is 16.5. The second-order valence-electron chi connectivity index (χ2n) is 8.91. The fourth-order valence-corrected chi connectivity index (χ4v) is 4.32. The smallest absolute Gasteiger partial charge is 0.407 e. The van der Waals surface area contributed by atoms with Crippen LogP contribution in [0.2, 0.25) is 0 Å². The van der Waals surface area contributed by atoms with Gasteiger partial charge in [-0.1, -0.05) is 62.4 Å². The van der Waals surface area contributed by atoms with Crippen LogP contribution in [-0.4, -0.2) is 54.2 Å². The molecule has 0 radical (unpaired) electrons. The first-order chi connectivity index (χ1) is 15.8. The molecule has 33 heavy (non-hydrogen) atoms. The summed E-state index contributed by atoms with van der Waals surface area (Å²) in [6.45, 7) is 4.44. The van der Waals surface area contributed by atoms with E-state index in [2.05, 4.69) is 29.6 Å². The average molecular weight is 453 g/mol. The minimum Gasteiger partial charge on any atom is -0.481 e. The second kappa shape index (κ2) is 11.0. The van der Waals surface area contributed by atoms with E-state index in [1.54, 1.807) is 7.05 Å². The summed E-state index contributed by atoms with van der Waals surface area (Å²) in [5.74, 6) is -1.02. The summed E-state index contributed by atoms with van der Waals surface area (Å²) >= 11 is 0. The zero-order valence-corrected chi connectivity index (χ0v) is 19.4. The lowest BCUT2D eigenvalue weighted by atomic mass is 9.98. The fraction of sp³-hybridized carbons (Fsp3) is 0.423. The molecular formula is C26H32N2O5. The molecule has 0 aromatic heterocycles. The van der Waals surface area contributed by atoms with Crippen LogP contribution in [0.3, 0.4) is 0 Å². The number of hydrogen-bond acceptors (Lipinski definition) is 4. The first-order valence-corrected chi connectivity index (χ1v) is 11.4. The van der Waals surface area contributed by atoms with Crippen LogP contribution in [0.15, 0.2) is 48.5 Å². The van der Waals surface area contributed by atoms with Gasteiger partial charge in [0.05, 0.1) is 0 Å². The lowest BCUT2D eigenvalue weighted by Crippen LogP contribution is -2.48. The SMILES string of the molecule is CC(C)C[C@H](NC(=O)OCC1c2ccccc2-c2ccccc21)C(=O)N(C)CCCC(=O)O. The topological polar surface area (TPSA) is 95.9 Å². The third-order valence-corrected chi connectivity index (χ3v) is 5.90. The Kier molecular flexibility index (Phi) is 8.09. The molecule has 0 heterocycles. The molecule has 2 N–H and O–H groups in total. The van der Waals surface area contributed by atoms with Crippen LogP contribution in [0, 0.1) is 5.92 Å². The summed E-state index contributed by atoms with van der Waals surface area (Å²) in [6.07, 6.45) is 0.185. The van der Waals surface area contributed by atoms with E-state index in [1.807, 2.05) is 38.1 Å². The van der Waals surface area contributed by atoms with E-state index in [0.717, 1.165) is 22.3 Å². The quantitative estimate of drug-likeness (QED) is 0.561. The van der Waals surface area contributed by atoms with Gasteiger partial charge in [-0.25, -0.2) is 4.79 Å². The summed E-state index contributed by atoms with van der Waals surface area (Å²) < 4.78 is 5.60. The van der Waals surface area contributed by atoms with E-state index in [0.29, 0.717) is 19.4 Å². The number of amides is 2. The molecule has 0 unspecified atom stereocenters. The van der Waals surface area contributed by atoms with Gasteiger partial charge in [0, 0.05) is 25.9 Å².